The third-order valence-corrected chi connectivity index (χ3v) is 3.58. The molecule has 2 aromatic rings. The predicted molar refractivity (Wildman–Crippen MR) is 70.2 cm³/mol. The van der Waals surface area contributed by atoms with E-state index >= 15 is 0 Å². The second-order valence-corrected chi connectivity index (χ2v) is 4.56. The first-order valence-electron chi connectivity index (χ1n) is 6.26. The minimum Gasteiger partial charge on any atom is -0.392 e. The molecule has 0 saturated carbocycles. The molecule has 0 unspecified atom stereocenters. The molecule has 1 aromatic carbocycles. The highest BCUT2D eigenvalue weighted by molar-refractivity contribution is 5.86. The van der Waals surface area contributed by atoms with Gasteiger partial charge < -0.3 is 9.67 Å². The maximum Gasteiger partial charge on any atom is 0.0612 e. The van der Waals surface area contributed by atoms with Crippen LogP contribution >= 0.6 is 0 Å². The molecule has 0 radical (unpaired) electrons. The van der Waals surface area contributed by atoms with Gasteiger partial charge in [-0.3, -0.25) is 0 Å². The topological polar surface area (TPSA) is 25.2 Å². The van der Waals surface area contributed by atoms with Crippen molar-refractivity contribution in [3.05, 3.63) is 47.7 Å². The molecule has 0 bridgehead atoms. The van der Waals surface area contributed by atoms with Crippen LogP contribution in [0.15, 0.2) is 36.4 Å². The van der Waals surface area contributed by atoms with Crippen molar-refractivity contribution in [1.82, 2.24) is 4.57 Å². The van der Waals surface area contributed by atoms with Gasteiger partial charge in [0.05, 0.1) is 6.61 Å². The summed E-state index contributed by atoms with van der Waals surface area (Å²) in [4.78, 5) is 0. The number of nitrogens with zero attached hydrogens (tertiary/aromatic N) is 1. The van der Waals surface area contributed by atoms with E-state index in [0.29, 0.717) is 0 Å². The van der Waals surface area contributed by atoms with Crippen LogP contribution in [0.3, 0.4) is 0 Å². The molecule has 0 fully saturated rings. The van der Waals surface area contributed by atoms with E-state index in [1.807, 2.05) is 6.08 Å². The molecule has 0 spiro atoms. The van der Waals surface area contributed by atoms with Crippen LogP contribution < -0.4 is 0 Å². The normalized spacial score (nSPS) is 14.9. The van der Waals surface area contributed by atoms with Crippen molar-refractivity contribution in [2.45, 2.75) is 25.8 Å². The first-order chi connectivity index (χ1) is 8.42. The smallest absolute Gasteiger partial charge is 0.0612 e. The number of aryl methyl sites for hydroxylation is 1. The van der Waals surface area contributed by atoms with Crippen molar-refractivity contribution in [3.63, 3.8) is 0 Å². The number of benzene rings is 1. The molecule has 0 amide bonds. The van der Waals surface area contributed by atoms with E-state index < -0.39 is 0 Å². The Labute approximate surface area is 101 Å². The first kappa shape index (κ1) is 10.6. The summed E-state index contributed by atoms with van der Waals surface area (Å²) in [5.74, 6) is 0. The number of rotatable bonds is 3. The van der Waals surface area contributed by atoms with Crippen LogP contribution in [0.2, 0.25) is 0 Å². The molecule has 2 heterocycles. The van der Waals surface area contributed by atoms with Gasteiger partial charge in [0.1, 0.15) is 0 Å². The minimum atomic E-state index is 0.133. The Kier molecular flexibility index (Phi) is 2.73. The predicted octanol–water partition coefficient (Wildman–Crippen LogP) is 2.68. The molecule has 0 aliphatic carbocycles. The van der Waals surface area contributed by atoms with E-state index in [1.54, 1.807) is 0 Å². The van der Waals surface area contributed by atoms with E-state index in [1.165, 1.54) is 35.0 Å². The van der Waals surface area contributed by atoms with Gasteiger partial charge in [0.2, 0.25) is 0 Å². The summed E-state index contributed by atoms with van der Waals surface area (Å²) < 4.78 is 2.46. The van der Waals surface area contributed by atoms with E-state index in [0.717, 1.165) is 13.0 Å². The number of aliphatic hydroxyl groups is 1. The summed E-state index contributed by atoms with van der Waals surface area (Å²) in [6.07, 6.45) is 7.28. The number of allylic oxidation sites excluding steroid dienone is 1. The molecule has 3 rings (SSSR count). The lowest BCUT2D eigenvalue weighted by Gasteiger charge is -1.98. The Bertz CT molecular complexity index is 566. The molecule has 1 aliphatic heterocycles. The van der Waals surface area contributed by atoms with Gasteiger partial charge in [0.15, 0.2) is 0 Å². The third kappa shape index (κ3) is 1.69. The zero-order chi connectivity index (χ0) is 11.7. The Morgan fingerprint density at radius 1 is 1.24 bits per heavy atom. The van der Waals surface area contributed by atoms with Crippen molar-refractivity contribution in [3.8, 4) is 0 Å². The fourth-order valence-corrected chi connectivity index (χ4v) is 2.88. The zero-order valence-electron chi connectivity index (χ0n) is 9.89. The summed E-state index contributed by atoms with van der Waals surface area (Å²) in [7, 11) is 0. The van der Waals surface area contributed by atoms with Crippen LogP contribution in [0.1, 0.15) is 17.7 Å². The Balaban J connectivity index is 2.12. The van der Waals surface area contributed by atoms with Crippen molar-refractivity contribution in [1.29, 1.82) is 0 Å². The SMILES string of the molecule is OC/C=C/Cc1c2n(c3ccccc13)CCC2. The highest BCUT2D eigenvalue weighted by atomic mass is 16.2. The molecular formula is C15H17NO. The van der Waals surface area contributed by atoms with E-state index in [4.69, 9.17) is 5.11 Å². The molecule has 1 aromatic heterocycles. The quantitative estimate of drug-likeness (QED) is 0.801. The van der Waals surface area contributed by atoms with Gasteiger partial charge in [-0.1, -0.05) is 30.4 Å². The third-order valence-electron chi connectivity index (χ3n) is 3.58. The molecule has 0 atom stereocenters. The lowest BCUT2D eigenvalue weighted by Crippen LogP contribution is -1.92. The van der Waals surface area contributed by atoms with Crippen LogP contribution in [0.5, 0.6) is 0 Å². The maximum absolute atomic E-state index is 8.81. The molecular weight excluding hydrogens is 210 g/mol. The van der Waals surface area contributed by atoms with Crippen LogP contribution in [0.25, 0.3) is 10.9 Å². The molecule has 1 N–H and O–H groups in total. The van der Waals surface area contributed by atoms with Crippen LogP contribution in [0, 0.1) is 0 Å². The van der Waals surface area contributed by atoms with Crippen molar-refractivity contribution in [2.24, 2.45) is 0 Å². The van der Waals surface area contributed by atoms with Gasteiger partial charge in [-0.15, -0.1) is 0 Å². The van der Waals surface area contributed by atoms with E-state index in [2.05, 4.69) is 34.9 Å². The Morgan fingerprint density at radius 2 is 2.12 bits per heavy atom. The van der Waals surface area contributed by atoms with Gasteiger partial charge in [0.25, 0.3) is 0 Å². The van der Waals surface area contributed by atoms with Crippen LogP contribution in [-0.4, -0.2) is 16.3 Å². The fourth-order valence-electron chi connectivity index (χ4n) is 2.88. The lowest BCUT2D eigenvalue weighted by molar-refractivity contribution is 0.342. The molecule has 88 valence electrons. The summed E-state index contributed by atoms with van der Waals surface area (Å²) >= 11 is 0. The average molecular weight is 227 g/mol. The van der Waals surface area contributed by atoms with Gasteiger partial charge >= 0.3 is 0 Å². The number of aliphatic hydroxyl groups excluding tert-OH is 1. The maximum atomic E-state index is 8.81. The fraction of sp³-hybridized carbons (Fsp3) is 0.333. The molecule has 2 heteroatoms. The first-order valence-corrected chi connectivity index (χ1v) is 6.26. The van der Waals surface area contributed by atoms with Gasteiger partial charge in [-0.25, -0.2) is 0 Å². The number of fused-ring (bicyclic) bond motifs is 3. The molecule has 1 aliphatic rings. The average Bonchev–Trinajstić information content (AvgIpc) is 2.92. The van der Waals surface area contributed by atoms with Crippen molar-refractivity contribution in [2.75, 3.05) is 6.61 Å². The molecule has 0 saturated heterocycles. The molecule has 17 heavy (non-hydrogen) atoms. The number of para-hydroxylation sites is 1. The number of aromatic nitrogens is 1. The second-order valence-electron chi connectivity index (χ2n) is 4.56. The van der Waals surface area contributed by atoms with E-state index in [-0.39, 0.29) is 6.61 Å². The Morgan fingerprint density at radius 3 is 3.00 bits per heavy atom. The highest BCUT2D eigenvalue weighted by Crippen LogP contribution is 2.31. The zero-order valence-corrected chi connectivity index (χ0v) is 9.89. The summed E-state index contributed by atoms with van der Waals surface area (Å²) in [5.41, 5.74) is 4.31. The highest BCUT2D eigenvalue weighted by Gasteiger charge is 2.19. The summed E-state index contributed by atoms with van der Waals surface area (Å²) in [6, 6.07) is 8.64. The monoisotopic (exact) mass is 227 g/mol. The second kappa shape index (κ2) is 4.38. The molecule has 2 nitrogen and oxygen atoms in total. The van der Waals surface area contributed by atoms with Gasteiger partial charge in [0, 0.05) is 23.1 Å². The van der Waals surface area contributed by atoms with Crippen molar-refractivity contribution >= 4 is 10.9 Å². The van der Waals surface area contributed by atoms with E-state index in [9.17, 15) is 0 Å². The summed E-state index contributed by atoms with van der Waals surface area (Å²) in [6.45, 7) is 1.29. The van der Waals surface area contributed by atoms with Gasteiger partial charge in [-0.2, -0.15) is 0 Å². The standard InChI is InChI=1S/C15H17NO/c17-11-4-3-7-13-12-6-1-2-8-14(12)16-10-5-9-15(13)16/h1-4,6,8,17H,5,7,9-11H2/b4-3+. The van der Waals surface area contributed by atoms with Crippen LogP contribution in [0.4, 0.5) is 0 Å². The Hall–Kier alpha value is -1.54. The number of hydrogen-bond acceptors (Lipinski definition) is 1. The van der Waals surface area contributed by atoms with Crippen molar-refractivity contribution < 1.29 is 5.11 Å². The van der Waals surface area contributed by atoms with Crippen LogP contribution in [-0.2, 0) is 19.4 Å². The number of hydrogen-bond donors (Lipinski definition) is 1. The lowest BCUT2D eigenvalue weighted by atomic mass is 10.1. The largest absolute Gasteiger partial charge is 0.392 e. The summed E-state index contributed by atoms with van der Waals surface area (Å²) in [5, 5.41) is 10.2. The van der Waals surface area contributed by atoms with Gasteiger partial charge in [-0.05, 0) is 30.9 Å². The minimum absolute atomic E-state index is 0.133.